The lowest BCUT2D eigenvalue weighted by Crippen LogP contribution is -2.27. The molecule has 166 valence electrons. The number of benzene rings is 3. The van der Waals surface area contributed by atoms with Crippen molar-refractivity contribution in [2.75, 3.05) is 7.11 Å². The van der Waals surface area contributed by atoms with Crippen molar-refractivity contribution in [3.05, 3.63) is 99.6 Å². The van der Waals surface area contributed by atoms with Crippen LogP contribution in [0.1, 0.15) is 44.8 Å². The Hall–Kier alpha value is -3.45. The lowest BCUT2D eigenvalue weighted by molar-refractivity contribution is 0.0600. The summed E-state index contributed by atoms with van der Waals surface area (Å²) in [7, 11) is 1.30. The number of rotatable bonds is 7. The zero-order valence-corrected chi connectivity index (χ0v) is 18.1. The van der Waals surface area contributed by atoms with Gasteiger partial charge in [0.1, 0.15) is 12.4 Å². The predicted molar refractivity (Wildman–Crippen MR) is 116 cm³/mol. The molecule has 0 heterocycles. The van der Waals surface area contributed by atoms with Crippen molar-refractivity contribution in [3.63, 3.8) is 0 Å². The molecule has 0 aliphatic carbocycles. The molecular formula is C24H20ClF2NO4. The lowest BCUT2D eigenvalue weighted by atomic mass is 10.0. The number of methoxy groups -OCH3 is 1. The average molecular weight is 460 g/mol. The van der Waals surface area contributed by atoms with Crippen molar-refractivity contribution < 1.29 is 27.8 Å². The van der Waals surface area contributed by atoms with Gasteiger partial charge in [-0.1, -0.05) is 29.8 Å². The van der Waals surface area contributed by atoms with Crippen LogP contribution in [0.2, 0.25) is 5.02 Å². The molecule has 0 saturated heterocycles. The van der Waals surface area contributed by atoms with Crippen LogP contribution in [-0.2, 0) is 11.3 Å². The van der Waals surface area contributed by atoms with Gasteiger partial charge in [0.25, 0.3) is 5.91 Å². The maximum atomic E-state index is 13.4. The van der Waals surface area contributed by atoms with Crippen molar-refractivity contribution in [2.45, 2.75) is 19.6 Å². The minimum absolute atomic E-state index is 0.0484. The van der Waals surface area contributed by atoms with Gasteiger partial charge in [-0.15, -0.1) is 0 Å². The molecule has 0 fully saturated rings. The molecule has 0 aromatic heterocycles. The highest BCUT2D eigenvalue weighted by molar-refractivity contribution is 6.31. The molecule has 3 rings (SSSR count). The topological polar surface area (TPSA) is 64.6 Å². The molecule has 5 nitrogen and oxygen atoms in total. The van der Waals surface area contributed by atoms with E-state index in [2.05, 4.69) is 10.1 Å². The first-order chi connectivity index (χ1) is 15.3. The molecule has 3 aromatic carbocycles. The second-order valence-electron chi connectivity index (χ2n) is 6.97. The number of esters is 1. The van der Waals surface area contributed by atoms with Gasteiger partial charge in [0, 0.05) is 22.2 Å². The first-order valence-electron chi connectivity index (χ1n) is 9.64. The highest BCUT2D eigenvalue weighted by Crippen LogP contribution is 2.22. The van der Waals surface area contributed by atoms with Crippen LogP contribution in [0.15, 0.2) is 60.7 Å². The number of carbonyl (C=O) groups is 2. The molecule has 1 amide bonds. The smallest absolute Gasteiger partial charge is 0.337 e. The van der Waals surface area contributed by atoms with E-state index >= 15 is 0 Å². The van der Waals surface area contributed by atoms with Crippen LogP contribution in [0.5, 0.6) is 5.75 Å². The monoisotopic (exact) mass is 459 g/mol. The molecular weight excluding hydrogens is 440 g/mol. The van der Waals surface area contributed by atoms with E-state index in [1.807, 2.05) is 0 Å². The Morgan fingerprint density at radius 3 is 2.38 bits per heavy atom. The van der Waals surface area contributed by atoms with Gasteiger partial charge in [-0.25, -0.2) is 13.6 Å². The zero-order valence-electron chi connectivity index (χ0n) is 17.3. The molecule has 0 unspecified atom stereocenters. The molecule has 0 aliphatic heterocycles. The van der Waals surface area contributed by atoms with E-state index in [1.165, 1.54) is 19.2 Å². The van der Waals surface area contributed by atoms with Crippen LogP contribution in [0.3, 0.4) is 0 Å². The Bertz CT molecular complexity index is 1140. The largest absolute Gasteiger partial charge is 0.489 e. The Balaban J connectivity index is 1.73. The molecule has 1 atom stereocenters. The van der Waals surface area contributed by atoms with Gasteiger partial charge in [-0.05, 0) is 48.9 Å². The minimum Gasteiger partial charge on any atom is -0.489 e. The molecule has 0 spiro atoms. The lowest BCUT2D eigenvalue weighted by Gasteiger charge is -2.17. The van der Waals surface area contributed by atoms with Gasteiger partial charge in [0.15, 0.2) is 11.6 Å². The van der Waals surface area contributed by atoms with Crippen molar-refractivity contribution in [3.8, 4) is 5.75 Å². The minimum atomic E-state index is -1.02. The van der Waals surface area contributed by atoms with E-state index < -0.39 is 17.6 Å². The predicted octanol–water partition coefficient (Wildman–Crippen LogP) is 5.47. The number of hydrogen-bond donors (Lipinski definition) is 1. The van der Waals surface area contributed by atoms with E-state index in [0.29, 0.717) is 16.1 Å². The van der Waals surface area contributed by atoms with E-state index in [4.69, 9.17) is 16.3 Å². The maximum absolute atomic E-state index is 13.4. The fourth-order valence-electron chi connectivity index (χ4n) is 3.00. The number of nitrogens with one attached hydrogen (secondary N) is 1. The van der Waals surface area contributed by atoms with E-state index in [9.17, 15) is 18.4 Å². The van der Waals surface area contributed by atoms with Gasteiger partial charge < -0.3 is 14.8 Å². The molecule has 32 heavy (non-hydrogen) atoms. The summed E-state index contributed by atoms with van der Waals surface area (Å²) in [4.78, 5) is 24.5. The molecule has 0 bridgehead atoms. The van der Waals surface area contributed by atoms with E-state index in [1.54, 1.807) is 43.3 Å². The number of amides is 1. The maximum Gasteiger partial charge on any atom is 0.337 e. The van der Waals surface area contributed by atoms with Crippen LogP contribution < -0.4 is 10.1 Å². The van der Waals surface area contributed by atoms with Crippen LogP contribution in [-0.4, -0.2) is 19.0 Å². The Kier molecular flexibility index (Phi) is 7.43. The Labute approximate surface area is 188 Å². The third-order valence-electron chi connectivity index (χ3n) is 4.78. The summed E-state index contributed by atoms with van der Waals surface area (Å²) < 4.78 is 36.7. The quantitative estimate of drug-likeness (QED) is 0.475. The Morgan fingerprint density at radius 1 is 1.00 bits per heavy atom. The first-order valence-corrected chi connectivity index (χ1v) is 10.0. The van der Waals surface area contributed by atoms with E-state index in [0.717, 1.165) is 17.7 Å². The summed E-state index contributed by atoms with van der Waals surface area (Å²) in [5.74, 6) is -2.70. The third-order valence-corrected chi connectivity index (χ3v) is 5.02. The number of hydrogen-bond acceptors (Lipinski definition) is 4. The first kappa shape index (κ1) is 23.2. The second-order valence-corrected chi connectivity index (χ2v) is 7.41. The Morgan fingerprint density at radius 2 is 1.72 bits per heavy atom. The van der Waals surface area contributed by atoms with Crippen LogP contribution in [0, 0.1) is 11.6 Å². The SMILES string of the molecule is COC(=O)c1ccc([C@H](C)NC(=O)c2cc(Cl)ccc2COc2ccc(F)c(F)c2)cc1. The third kappa shape index (κ3) is 5.62. The van der Waals surface area contributed by atoms with Crippen molar-refractivity contribution in [2.24, 2.45) is 0 Å². The summed E-state index contributed by atoms with van der Waals surface area (Å²) in [6.45, 7) is 1.75. The second kappa shape index (κ2) is 10.2. The zero-order chi connectivity index (χ0) is 23.3. The van der Waals surface area contributed by atoms with Gasteiger partial charge in [-0.3, -0.25) is 4.79 Å². The summed E-state index contributed by atoms with van der Waals surface area (Å²) in [6.07, 6.45) is 0. The van der Waals surface area contributed by atoms with Crippen molar-refractivity contribution in [1.29, 1.82) is 0 Å². The summed E-state index contributed by atoms with van der Waals surface area (Å²) in [6, 6.07) is 14.3. The number of halogens is 3. The van der Waals surface area contributed by atoms with Gasteiger partial charge in [-0.2, -0.15) is 0 Å². The van der Waals surface area contributed by atoms with Gasteiger partial charge >= 0.3 is 5.97 Å². The van der Waals surface area contributed by atoms with Crippen molar-refractivity contribution in [1.82, 2.24) is 5.32 Å². The standard InChI is InChI=1S/C24H20ClF2NO4/c1-14(15-3-5-16(6-4-15)24(30)31-2)28-23(29)20-11-18(25)8-7-17(20)13-32-19-9-10-21(26)22(27)12-19/h3-12,14H,13H2,1-2H3,(H,28,29)/t14-/m0/s1. The molecule has 1 N–H and O–H groups in total. The number of ether oxygens (including phenoxy) is 2. The summed E-state index contributed by atoms with van der Waals surface area (Å²) >= 11 is 6.07. The van der Waals surface area contributed by atoms with Crippen LogP contribution in [0.4, 0.5) is 8.78 Å². The van der Waals surface area contributed by atoms with Crippen molar-refractivity contribution >= 4 is 23.5 Å². The highest BCUT2D eigenvalue weighted by atomic mass is 35.5. The van der Waals surface area contributed by atoms with Gasteiger partial charge in [0.05, 0.1) is 18.7 Å². The normalized spacial score (nSPS) is 11.5. The fraction of sp³-hybridized carbons (Fsp3) is 0.167. The van der Waals surface area contributed by atoms with Gasteiger partial charge in [0.2, 0.25) is 0 Å². The van der Waals surface area contributed by atoms with E-state index in [-0.39, 0.29) is 29.9 Å². The van der Waals surface area contributed by atoms with Crippen LogP contribution >= 0.6 is 11.6 Å². The summed E-state index contributed by atoms with van der Waals surface area (Å²) in [5.41, 5.74) is 2.00. The fourth-order valence-corrected chi connectivity index (χ4v) is 3.17. The molecule has 0 radical (unpaired) electrons. The molecule has 3 aromatic rings. The average Bonchev–Trinajstić information content (AvgIpc) is 2.79. The highest BCUT2D eigenvalue weighted by Gasteiger charge is 2.17. The van der Waals surface area contributed by atoms with Crippen LogP contribution in [0.25, 0.3) is 0 Å². The molecule has 8 heteroatoms. The molecule has 0 saturated carbocycles. The number of carbonyl (C=O) groups excluding carboxylic acids is 2. The molecule has 0 aliphatic rings. The summed E-state index contributed by atoms with van der Waals surface area (Å²) in [5, 5.41) is 3.24.